The zero-order valence-electron chi connectivity index (χ0n) is 19.1. The van der Waals surface area contributed by atoms with Crippen LogP contribution in [0.4, 0.5) is 5.69 Å². The Bertz CT molecular complexity index is 1390. The van der Waals surface area contributed by atoms with Crippen LogP contribution in [-0.4, -0.2) is 23.2 Å². The van der Waals surface area contributed by atoms with Crippen LogP contribution in [0.2, 0.25) is 0 Å². The van der Waals surface area contributed by atoms with Gasteiger partial charge in [-0.05, 0) is 79.3 Å². The van der Waals surface area contributed by atoms with Crippen LogP contribution < -0.4 is 10.2 Å². The first kappa shape index (κ1) is 23.3. The van der Waals surface area contributed by atoms with Crippen LogP contribution in [0.1, 0.15) is 39.5 Å². The van der Waals surface area contributed by atoms with Gasteiger partial charge in [0.15, 0.2) is 5.11 Å². The fourth-order valence-electron chi connectivity index (χ4n) is 4.26. The van der Waals surface area contributed by atoms with Gasteiger partial charge in [-0.3, -0.25) is 4.98 Å². The number of rotatable bonds is 5. The lowest BCUT2D eigenvalue weighted by molar-refractivity contribution is 0.0600. The number of thiocarbonyl (C=S) groups is 1. The van der Waals surface area contributed by atoms with E-state index in [2.05, 4.69) is 37.2 Å². The SMILES string of the molecule is COC(=O)c1ccc(-c2ccc([C@H]3[C@H](c4ccccn4)NC(=S)N3c3ccc(Br)c(C)c3)o2)cc1. The maximum atomic E-state index is 11.8. The molecular weight excluding hydrogens is 526 g/mol. The zero-order chi connectivity index (χ0) is 24.5. The second kappa shape index (κ2) is 9.64. The molecule has 0 unspecified atom stereocenters. The first-order chi connectivity index (χ1) is 17.0. The average Bonchev–Trinajstić information content (AvgIpc) is 3.50. The van der Waals surface area contributed by atoms with Gasteiger partial charge in [0.25, 0.3) is 0 Å². The number of halogens is 1. The number of methoxy groups -OCH3 is 1. The van der Waals surface area contributed by atoms with Crippen LogP contribution in [0.25, 0.3) is 11.3 Å². The average molecular weight is 548 g/mol. The zero-order valence-corrected chi connectivity index (χ0v) is 21.5. The first-order valence-electron chi connectivity index (χ1n) is 11.0. The Kier molecular flexibility index (Phi) is 6.40. The molecule has 2 aromatic heterocycles. The third kappa shape index (κ3) is 4.47. The van der Waals surface area contributed by atoms with Gasteiger partial charge in [-0.15, -0.1) is 0 Å². The third-order valence-electron chi connectivity index (χ3n) is 6.03. The number of benzene rings is 2. The third-order valence-corrected chi connectivity index (χ3v) is 7.23. The van der Waals surface area contributed by atoms with E-state index in [9.17, 15) is 4.79 Å². The summed E-state index contributed by atoms with van der Waals surface area (Å²) in [6.07, 6.45) is 1.78. The molecule has 176 valence electrons. The fourth-order valence-corrected chi connectivity index (χ4v) is 4.85. The lowest BCUT2D eigenvalue weighted by Crippen LogP contribution is -2.29. The van der Waals surface area contributed by atoms with Crippen LogP contribution in [-0.2, 0) is 4.74 Å². The van der Waals surface area contributed by atoms with E-state index in [0.717, 1.165) is 32.7 Å². The van der Waals surface area contributed by atoms with Crippen molar-refractivity contribution in [1.82, 2.24) is 10.3 Å². The molecule has 0 radical (unpaired) electrons. The lowest BCUT2D eigenvalue weighted by Gasteiger charge is -2.26. The first-order valence-corrected chi connectivity index (χ1v) is 12.2. The number of carbonyl (C=O) groups excluding carboxylic acids is 1. The monoisotopic (exact) mass is 547 g/mol. The Hall–Kier alpha value is -3.49. The van der Waals surface area contributed by atoms with E-state index in [1.54, 1.807) is 18.3 Å². The summed E-state index contributed by atoms with van der Waals surface area (Å²) in [7, 11) is 1.37. The minimum atomic E-state index is -0.374. The van der Waals surface area contributed by atoms with Gasteiger partial charge < -0.3 is 19.4 Å². The summed E-state index contributed by atoms with van der Waals surface area (Å²) in [4.78, 5) is 18.4. The minimum Gasteiger partial charge on any atom is -0.465 e. The van der Waals surface area contributed by atoms with Crippen molar-refractivity contribution in [1.29, 1.82) is 0 Å². The molecule has 2 aromatic carbocycles. The highest BCUT2D eigenvalue weighted by molar-refractivity contribution is 9.10. The van der Waals surface area contributed by atoms with Crippen LogP contribution in [0.15, 0.2) is 87.9 Å². The highest BCUT2D eigenvalue weighted by atomic mass is 79.9. The summed E-state index contributed by atoms with van der Waals surface area (Å²) in [5.74, 6) is 1.07. The summed E-state index contributed by atoms with van der Waals surface area (Å²) >= 11 is 9.38. The van der Waals surface area contributed by atoms with E-state index < -0.39 is 0 Å². The molecule has 0 amide bonds. The smallest absolute Gasteiger partial charge is 0.337 e. The molecule has 3 heterocycles. The van der Waals surface area contributed by atoms with Crippen molar-refractivity contribution in [2.24, 2.45) is 0 Å². The number of furan rings is 1. The Balaban J connectivity index is 1.55. The van der Waals surface area contributed by atoms with Crippen LogP contribution >= 0.6 is 28.1 Å². The van der Waals surface area contributed by atoms with E-state index >= 15 is 0 Å². The quantitative estimate of drug-likeness (QED) is 0.230. The molecule has 6 nitrogen and oxygen atoms in total. The second-order valence-corrected chi connectivity index (χ2v) is 9.44. The molecule has 1 N–H and O–H groups in total. The molecule has 0 spiro atoms. The Morgan fingerprint density at radius 1 is 1.11 bits per heavy atom. The standard InChI is InChI=1S/C27H22BrN3O3S/c1-16-15-19(10-11-20(16)28)31-25(24(30-27(31)35)21-5-3-4-14-29-21)23-13-12-22(34-23)17-6-8-18(9-7-17)26(32)33-2/h3-15,24-25H,1-2H3,(H,30,35)/t24-,25-/m0/s1. The van der Waals surface area contributed by atoms with Gasteiger partial charge in [-0.25, -0.2) is 4.79 Å². The predicted molar refractivity (Wildman–Crippen MR) is 142 cm³/mol. The van der Waals surface area contributed by atoms with Gasteiger partial charge in [0.05, 0.1) is 24.4 Å². The Labute approximate surface area is 217 Å². The molecular formula is C27H22BrN3O3S. The fraction of sp³-hybridized carbons (Fsp3) is 0.148. The number of pyridine rings is 1. The molecule has 0 aliphatic carbocycles. The molecule has 8 heteroatoms. The molecule has 1 aliphatic heterocycles. The van der Waals surface area contributed by atoms with Gasteiger partial charge in [0, 0.05) is 21.9 Å². The van der Waals surface area contributed by atoms with E-state index in [-0.39, 0.29) is 18.1 Å². The second-order valence-electron chi connectivity index (χ2n) is 8.20. The summed E-state index contributed by atoms with van der Waals surface area (Å²) in [5, 5.41) is 4.05. The van der Waals surface area contributed by atoms with Crippen molar-refractivity contribution in [3.8, 4) is 11.3 Å². The largest absolute Gasteiger partial charge is 0.465 e. The predicted octanol–water partition coefficient (Wildman–Crippen LogP) is 6.38. The summed E-state index contributed by atoms with van der Waals surface area (Å²) < 4.78 is 12.2. The van der Waals surface area contributed by atoms with Crippen molar-refractivity contribution in [3.05, 3.63) is 106 Å². The molecule has 0 bridgehead atoms. The van der Waals surface area contributed by atoms with Crippen molar-refractivity contribution >= 4 is 44.9 Å². The molecule has 0 saturated carbocycles. The molecule has 1 aliphatic rings. The highest BCUT2D eigenvalue weighted by Gasteiger charge is 2.42. The van der Waals surface area contributed by atoms with Crippen molar-refractivity contribution in [3.63, 3.8) is 0 Å². The normalized spacial score (nSPS) is 17.3. The molecule has 5 rings (SSSR count). The maximum absolute atomic E-state index is 11.8. The lowest BCUT2D eigenvalue weighted by atomic mass is 10.0. The van der Waals surface area contributed by atoms with Crippen LogP contribution in [0, 0.1) is 6.92 Å². The number of anilines is 1. The molecule has 1 saturated heterocycles. The van der Waals surface area contributed by atoms with Gasteiger partial charge in [0.2, 0.25) is 0 Å². The number of hydrogen-bond donors (Lipinski definition) is 1. The van der Waals surface area contributed by atoms with Gasteiger partial charge in [-0.2, -0.15) is 0 Å². The number of carbonyl (C=O) groups is 1. The Morgan fingerprint density at radius 3 is 2.60 bits per heavy atom. The van der Waals surface area contributed by atoms with E-state index in [4.69, 9.17) is 21.4 Å². The number of nitrogens with one attached hydrogen (secondary N) is 1. The number of hydrogen-bond acceptors (Lipinski definition) is 5. The van der Waals surface area contributed by atoms with Gasteiger partial charge in [-0.1, -0.05) is 34.1 Å². The van der Waals surface area contributed by atoms with Gasteiger partial charge in [0.1, 0.15) is 17.6 Å². The van der Waals surface area contributed by atoms with E-state index in [1.165, 1.54) is 7.11 Å². The maximum Gasteiger partial charge on any atom is 0.337 e. The summed E-state index contributed by atoms with van der Waals surface area (Å²) in [6.45, 7) is 2.05. The van der Waals surface area contributed by atoms with Crippen LogP contribution in [0.5, 0.6) is 0 Å². The number of ether oxygens (including phenoxy) is 1. The van der Waals surface area contributed by atoms with Gasteiger partial charge >= 0.3 is 5.97 Å². The molecule has 35 heavy (non-hydrogen) atoms. The minimum absolute atomic E-state index is 0.201. The van der Waals surface area contributed by atoms with Crippen molar-refractivity contribution in [2.45, 2.75) is 19.0 Å². The highest BCUT2D eigenvalue weighted by Crippen LogP contribution is 2.43. The van der Waals surface area contributed by atoms with E-state index in [1.807, 2.05) is 61.5 Å². The molecule has 1 fully saturated rings. The molecule has 4 aromatic rings. The van der Waals surface area contributed by atoms with Crippen molar-refractivity contribution in [2.75, 3.05) is 12.0 Å². The number of aromatic nitrogens is 1. The number of aryl methyl sites for hydroxylation is 1. The van der Waals surface area contributed by atoms with E-state index in [0.29, 0.717) is 16.4 Å². The summed E-state index contributed by atoms with van der Waals surface area (Å²) in [5.41, 5.74) is 4.29. The summed E-state index contributed by atoms with van der Waals surface area (Å²) in [6, 6.07) is 22.6. The van der Waals surface area contributed by atoms with Crippen LogP contribution in [0.3, 0.4) is 0 Å². The molecule has 2 atom stereocenters. The number of esters is 1. The number of nitrogens with zero attached hydrogens (tertiary/aromatic N) is 2. The Morgan fingerprint density at radius 2 is 1.91 bits per heavy atom. The van der Waals surface area contributed by atoms with Crippen molar-refractivity contribution < 1.29 is 13.9 Å². The topological polar surface area (TPSA) is 67.6 Å².